The van der Waals surface area contributed by atoms with Gasteiger partial charge in [-0.05, 0) is 45.4 Å². The third kappa shape index (κ3) is 4.34. The normalized spacial score (nSPS) is 11.2. The minimum Gasteiger partial charge on any atom is -0.481 e. The van der Waals surface area contributed by atoms with Crippen LogP contribution in [0.3, 0.4) is 0 Å². The Bertz CT molecular complexity index is 520. The van der Waals surface area contributed by atoms with Crippen molar-refractivity contribution in [2.24, 2.45) is 0 Å². The van der Waals surface area contributed by atoms with E-state index in [0.29, 0.717) is 5.56 Å². The summed E-state index contributed by atoms with van der Waals surface area (Å²) >= 11 is 3.41. The number of carbonyl (C=O) groups excluding carboxylic acids is 1. The molecule has 110 valence electrons. The summed E-state index contributed by atoms with van der Waals surface area (Å²) in [4.78, 5) is 24.9. The number of carbonyl (C=O) groups is 2. The summed E-state index contributed by atoms with van der Waals surface area (Å²) in [6.07, 6.45) is -0.0595. The summed E-state index contributed by atoms with van der Waals surface area (Å²) in [6.45, 7) is 7.84. The van der Waals surface area contributed by atoms with Gasteiger partial charge in [0, 0.05) is 22.1 Å². The minimum atomic E-state index is -0.905. The molecular weight excluding hydrogens is 322 g/mol. The van der Waals surface area contributed by atoms with E-state index in [4.69, 9.17) is 5.11 Å². The van der Waals surface area contributed by atoms with Gasteiger partial charge in [0.25, 0.3) is 5.91 Å². The molecule has 0 aliphatic carbocycles. The van der Waals surface area contributed by atoms with E-state index in [1.165, 1.54) is 0 Å². The molecule has 1 aromatic rings. The van der Waals surface area contributed by atoms with Gasteiger partial charge in [-0.15, -0.1) is 0 Å². The largest absolute Gasteiger partial charge is 0.481 e. The zero-order valence-corrected chi connectivity index (χ0v) is 13.8. The highest BCUT2D eigenvalue weighted by Crippen LogP contribution is 2.22. The zero-order chi connectivity index (χ0) is 15.5. The molecule has 0 saturated heterocycles. The number of carboxylic acid groups (broad SMARTS) is 1. The van der Waals surface area contributed by atoms with Gasteiger partial charge in [0.1, 0.15) is 0 Å². The lowest BCUT2D eigenvalue weighted by Gasteiger charge is -2.35. The van der Waals surface area contributed by atoms with Gasteiger partial charge in [0.05, 0.1) is 6.42 Å². The Labute approximate surface area is 127 Å². The molecule has 0 saturated carbocycles. The molecule has 0 heterocycles. The fourth-order valence-electron chi connectivity index (χ4n) is 1.83. The number of hydrogen-bond donors (Lipinski definition) is 1. The van der Waals surface area contributed by atoms with Crippen LogP contribution in [0.1, 0.15) is 43.1 Å². The molecule has 0 aromatic heterocycles. The number of aliphatic carboxylic acids is 1. The number of amides is 1. The third-order valence-electron chi connectivity index (χ3n) is 3.02. The molecule has 5 heteroatoms. The van der Waals surface area contributed by atoms with E-state index in [0.717, 1.165) is 10.0 Å². The second-order valence-corrected chi connectivity index (χ2v) is 6.59. The Hall–Kier alpha value is -1.36. The average Bonchev–Trinajstić information content (AvgIpc) is 2.30. The first-order chi connectivity index (χ1) is 9.12. The predicted molar refractivity (Wildman–Crippen MR) is 81.9 cm³/mol. The van der Waals surface area contributed by atoms with Crippen molar-refractivity contribution in [3.8, 4) is 0 Å². The molecule has 0 spiro atoms. The molecule has 1 N–H and O–H groups in total. The van der Waals surface area contributed by atoms with Crippen molar-refractivity contribution in [3.63, 3.8) is 0 Å². The standard InChI is InChI=1S/C15H20BrNO3/c1-10-5-6-11(9-12(10)16)14(20)17(15(2,3)4)8-7-13(18)19/h5-6,9H,7-8H2,1-4H3,(H,18,19). The Morgan fingerprint density at radius 2 is 1.90 bits per heavy atom. The van der Waals surface area contributed by atoms with Crippen LogP contribution in [0.2, 0.25) is 0 Å². The average molecular weight is 342 g/mol. The summed E-state index contributed by atoms with van der Waals surface area (Å²) < 4.78 is 0.871. The van der Waals surface area contributed by atoms with Gasteiger partial charge in [-0.25, -0.2) is 0 Å². The highest BCUT2D eigenvalue weighted by atomic mass is 79.9. The molecule has 0 fully saturated rings. The lowest BCUT2D eigenvalue weighted by molar-refractivity contribution is -0.137. The maximum Gasteiger partial charge on any atom is 0.305 e. The maximum absolute atomic E-state index is 12.6. The smallest absolute Gasteiger partial charge is 0.305 e. The van der Waals surface area contributed by atoms with Crippen molar-refractivity contribution >= 4 is 27.8 Å². The molecule has 0 aliphatic heterocycles. The number of carboxylic acids is 1. The van der Waals surface area contributed by atoms with Crippen LogP contribution in [-0.2, 0) is 4.79 Å². The topological polar surface area (TPSA) is 57.6 Å². The van der Waals surface area contributed by atoms with E-state index in [-0.39, 0.29) is 18.9 Å². The van der Waals surface area contributed by atoms with Crippen molar-refractivity contribution in [3.05, 3.63) is 33.8 Å². The number of aryl methyl sites for hydroxylation is 1. The van der Waals surface area contributed by atoms with Crippen molar-refractivity contribution in [2.45, 2.75) is 39.7 Å². The first-order valence-electron chi connectivity index (χ1n) is 6.43. The van der Waals surface area contributed by atoms with Gasteiger partial charge in [-0.1, -0.05) is 22.0 Å². The Balaban J connectivity index is 3.03. The molecule has 1 aromatic carbocycles. The first-order valence-corrected chi connectivity index (χ1v) is 7.22. The molecular formula is C15H20BrNO3. The highest BCUT2D eigenvalue weighted by Gasteiger charge is 2.27. The molecule has 0 atom stereocenters. The number of benzene rings is 1. The van der Waals surface area contributed by atoms with Gasteiger partial charge in [-0.2, -0.15) is 0 Å². The van der Waals surface area contributed by atoms with Crippen LogP contribution >= 0.6 is 15.9 Å². The van der Waals surface area contributed by atoms with Crippen LogP contribution in [0.5, 0.6) is 0 Å². The lowest BCUT2D eigenvalue weighted by atomic mass is 10.0. The monoisotopic (exact) mass is 341 g/mol. The van der Waals surface area contributed by atoms with Gasteiger partial charge in [0.2, 0.25) is 0 Å². The van der Waals surface area contributed by atoms with Crippen LogP contribution in [0, 0.1) is 6.92 Å². The summed E-state index contributed by atoms with van der Waals surface area (Å²) in [5, 5.41) is 8.82. The third-order valence-corrected chi connectivity index (χ3v) is 3.88. The van der Waals surface area contributed by atoms with Crippen molar-refractivity contribution < 1.29 is 14.7 Å². The molecule has 20 heavy (non-hydrogen) atoms. The number of nitrogens with zero attached hydrogens (tertiary/aromatic N) is 1. The number of halogens is 1. The molecule has 0 unspecified atom stereocenters. The van der Waals surface area contributed by atoms with Gasteiger partial charge in [0.15, 0.2) is 0 Å². The molecule has 0 bridgehead atoms. The lowest BCUT2D eigenvalue weighted by Crippen LogP contribution is -2.46. The van der Waals surface area contributed by atoms with Crippen LogP contribution in [0.4, 0.5) is 0 Å². The quantitative estimate of drug-likeness (QED) is 0.911. The molecule has 4 nitrogen and oxygen atoms in total. The second-order valence-electron chi connectivity index (χ2n) is 5.74. The van der Waals surface area contributed by atoms with Crippen LogP contribution in [0.25, 0.3) is 0 Å². The van der Waals surface area contributed by atoms with E-state index in [1.807, 2.05) is 33.8 Å². The Kier molecular flexibility index (Phi) is 5.34. The maximum atomic E-state index is 12.6. The van der Waals surface area contributed by atoms with Crippen molar-refractivity contribution in [1.29, 1.82) is 0 Å². The molecule has 1 rings (SSSR count). The van der Waals surface area contributed by atoms with E-state index < -0.39 is 11.5 Å². The molecule has 1 amide bonds. The minimum absolute atomic E-state index is 0.0595. The summed E-state index contributed by atoms with van der Waals surface area (Å²) in [6, 6.07) is 5.41. The fraction of sp³-hybridized carbons (Fsp3) is 0.467. The first kappa shape index (κ1) is 16.7. The Morgan fingerprint density at radius 1 is 1.30 bits per heavy atom. The summed E-state index contributed by atoms with van der Waals surface area (Å²) in [5.74, 6) is -1.06. The predicted octanol–water partition coefficient (Wildman–Crippen LogP) is 3.47. The zero-order valence-electron chi connectivity index (χ0n) is 12.2. The van der Waals surface area contributed by atoms with Crippen LogP contribution in [-0.4, -0.2) is 34.0 Å². The summed E-state index contributed by atoms with van der Waals surface area (Å²) in [7, 11) is 0. The highest BCUT2D eigenvalue weighted by molar-refractivity contribution is 9.10. The molecule has 0 aliphatic rings. The van der Waals surface area contributed by atoms with Gasteiger partial charge >= 0.3 is 5.97 Å². The van der Waals surface area contributed by atoms with Gasteiger partial charge < -0.3 is 10.0 Å². The van der Waals surface area contributed by atoms with E-state index in [9.17, 15) is 9.59 Å². The fourth-order valence-corrected chi connectivity index (χ4v) is 2.21. The second kappa shape index (κ2) is 6.39. The number of rotatable bonds is 4. The molecule has 0 radical (unpaired) electrons. The number of hydrogen-bond acceptors (Lipinski definition) is 2. The Morgan fingerprint density at radius 3 is 2.35 bits per heavy atom. The SMILES string of the molecule is Cc1ccc(C(=O)N(CCC(=O)O)C(C)(C)C)cc1Br. The summed E-state index contributed by atoms with van der Waals surface area (Å²) in [5.41, 5.74) is 1.18. The van der Waals surface area contributed by atoms with E-state index in [1.54, 1.807) is 17.0 Å². The van der Waals surface area contributed by atoms with Crippen LogP contribution < -0.4 is 0 Å². The van der Waals surface area contributed by atoms with Crippen molar-refractivity contribution in [2.75, 3.05) is 6.54 Å². The van der Waals surface area contributed by atoms with Crippen molar-refractivity contribution in [1.82, 2.24) is 4.90 Å². The van der Waals surface area contributed by atoms with Crippen LogP contribution in [0.15, 0.2) is 22.7 Å². The van der Waals surface area contributed by atoms with E-state index >= 15 is 0 Å². The van der Waals surface area contributed by atoms with Gasteiger partial charge in [-0.3, -0.25) is 9.59 Å². The van der Waals surface area contributed by atoms with E-state index in [2.05, 4.69) is 15.9 Å².